The standard InChI is InChI=1S/C22H20ClF3N4O2S/c1-4-11-30-19(14-5-8-16(32-3)9-6-14)28-29-21(30)33-13(2)20(31)27-18-10-7-15(23)12-17(18)22(24,25)26/h4-10,12-13H,1,11H2,2-3H3,(H,27,31). The number of hydrogen-bond acceptors (Lipinski definition) is 5. The molecule has 0 radical (unpaired) electrons. The first kappa shape index (κ1) is 24.7. The number of carbonyl (C=O) groups excluding carboxylic acids is 1. The largest absolute Gasteiger partial charge is 0.497 e. The van der Waals surface area contributed by atoms with Crippen molar-refractivity contribution in [3.05, 3.63) is 65.7 Å². The van der Waals surface area contributed by atoms with Crippen molar-refractivity contribution < 1.29 is 22.7 Å². The highest BCUT2D eigenvalue weighted by Gasteiger charge is 2.34. The average Bonchev–Trinajstić information content (AvgIpc) is 3.16. The van der Waals surface area contributed by atoms with Crippen LogP contribution in [0.5, 0.6) is 5.75 Å². The van der Waals surface area contributed by atoms with Crippen LogP contribution in [0.4, 0.5) is 18.9 Å². The molecule has 1 aromatic heterocycles. The van der Waals surface area contributed by atoms with E-state index in [0.29, 0.717) is 23.3 Å². The van der Waals surface area contributed by atoms with E-state index in [1.165, 1.54) is 6.07 Å². The Balaban J connectivity index is 1.81. The highest BCUT2D eigenvalue weighted by molar-refractivity contribution is 8.00. The summed E-state index contributed by atoms with van der Waals surface area (Å²) in [6.07, 6.45) is -3.00. The molecule has 1 amide bonds. The molecular weight excluding hydrogens is 477 g/mol. The van der Waals surface area contributed by atoms with Crippen molar-refractivity contribution >= 4 is 35.0 Å². The zero-order valence-corrected chi connectivity index (χ0v) is 19.3. The third-order valence-electron chi connectivity index (χ3n) is 4.57. The molecule has 0 spiro atoms. The summed E-state index contributed by atoms with van der Waals surface area (Å²) in [5.74, 6) is 0.630. The first-order chi connectivity index (χ1) is 15.6. The maximum atomic E-state index is 13.3. The van der Waals surface area contributed by atoms with Gasteiger partial charge in [0.25, 0.3) is 0 Å². The lowest BCUT2D eigenvalue weighted by Gasteiger charge is -2.16. The number of anilines is 1. The molecule has 174 valence electrons. The lowest BCUT2D eigenvalue weighted by atomic mass is 10.1. The molecule has 33 heavy (non-hydrogen) atoms. The van der Waals surface area contributed by atoms with E-state index in [0.717, 1.165) is 29.5 Å². The lowest BCUT2D eigenvalue weighted by Crippen LogP contribution is -2.24. The van der Waals surface area contributed by atoms with Crippen LogP contribution in [0.3, 0.4) is 0 Å². The first-order valence-electron chi connectivity index (χ1n) is 9.66. The zero-order valence-electron chi connectivity index (χ0n) is 17.7. The monoisotopic (exact) mass is 496 g/mol. The number of benzene rings is 2. The summed E-state index contributed by atoms with van der Waals surface area (Å²) in [5.41, 5.74) is -0.599. The molecule has 0 bridgehead atoms. The third kappa shape index (κ3) is 5.88. The minimum Gasteiger partial charge on any atom is -0.497 e. The summed E-state index contributed by atoms with van der Waals surface area (Å²) in [6.45, 7) is 5.69. The van der Waals surface area contributed by atoms with Gasteiger partial charge in [0.15, 0.2) is 11.0 Å². The van der Waals surface area contributed by atoms with Crippen molar-refractivity contribution in [1.82, 2.24) is 14.8 Å². The predicted octanol–water partition coefficient (Wildman–Crippen LogP) is 5.93. The van der Waals surface area contributed by atoms with Gasteiger partial charge in [0.05, 0.1) is 23.6 Å². The van der Waals surface area contributed by atoms with Crippen LogP contribution in [0, 0.1) is 0 Å². The van der Waals surface area contributed by atoms with Gasteiger partial charge in [-0.2, -0.15) is 13.2 Å². The maximum absolute atomic E-state index is 13.3. The predicted molar refractivity (Wildman–Crippen MR) is 123 cm³/mol. The number of rotatable bonds is 8. The summed E-state index contributed by atoms with van der Waals surface area (Å²) in [4.78, 5) is 12.7. The zero-order chi connectivity index (χ0) is 24.2. The fourth-order valence-electron chi connectivity index (χ4n) is 2.93. The van der Waals surface area contributed by atoms with Crippen LogP contribution in [-0.2, 0) is 17.5 Å². The molecule has 1 N–H and O–H groups in total. The molecular formula is C22H20ClF3N4O2S. The number of alkyl halides is 3. The van der Waals surface area contributed by atoms with Gasteiger partial charge in [-0.05, 0) is 49.4 Å². The summed E-state index contributed by atoms with van der Waals surface area (Å²) < 4.78 is 46.9. The van der Waals surface area contributed by atoms with Gasteiger partial charge in [-0.15, -0.1) is 16.8 Å². The van der Waals surface area contributed by atoms with Gasteiger partial charge in [0, 0.05) is 17.1 Å². The Labute approximate surface area is 197 Å². The van der Waals surface area contributed by atoms with E-state index in [1.807, 2.05) is 12.1 Å². The van der Waals surface area contributed by atoms with Crippen molar-refractivity contribution in [3.63, 3.8) is 0 Å². The molecule has 0 saturated carbocycles. The molecule has 11 heteroatoms. The molecule has 1 unspecified atom stereocenters. The number of amides is 1. The molecule has 1 heterocycles. The molecule has 0 aliphatic rings. The van der Waals surface area contributed by atoms with Crippen LogP contribution in [0.15, 0.2) is 60.3 Å². The van der Waals surface area contributed by atoms with Gasteiger partial charge in [0.1, 0.15) is 5.75 Å². The van der Waals surface area contributed by atoms with Gasteiger partial charge in [-0.3, -0.25) is 9.36 Å². The number of aromatic nitrogens is 3. The number of halogens is 4. The van der Waals surface area contributed by atoms with Crippen LogP contribution in [0.25, 0.3) is 11.4 Å². The third-order valence-corrected chi connectivity index (χ3v) is 5.89. The van der Waals surface area contributed by atoms with Crippen molar-refractivity contribution in [2.24, 2.45) is 0 Å². The number of thioether (sulfide) groups is 1. The normalized spacial score (nSPS) is 12.3. The first-order valence-corrected chi connectivity index (χ1v) is 10.9. The van der Waals surface area contributed by atoms with E-state index in [-0.39, 0.29) is 10.7 Å². The minimum atomic E-state index is -4.67. The average molecular weight is 497 g/mol. The number of nitrogens with one attached hydrogen (secondary N) is 1. The van der Waals surface area contributed by atoms with Crippen molar-refractivity contribution in [3.8, 4) is 17.1 Å². The fourth-order valence-corrected chi connectivity index (χ4v) is 3.96. The van der Waals surface area contributed by atoms with Gasteiger partial charge < -0.3 is 10.1 Å². The van der Waals surface area contributed by atoms with Gasteiger partial charge >= 0.3 is 6.18 Å². The lowest BCUT2D eigenvalue weighted by molar-refractivity contribution is -0.137. The maximum Gasteiger partial charge on any atom is 0.418 e. The van der Waals surface area contributed by atoms with E-state index in [9.17, 15) is 18.0 Å². The topological polar surface area (TPSA) is 69.0 Å². The Hall–Kier alpha value is -2.98. The summed E-state index contributed by atoms with van der Waals surface area (Å²) >= 11 is 6.77. The number of allylic oxidation sites excluding steroid dienone is 1. The smallest absolute Gasteiger partial charge is 0.418 e. The Kier molecular flexibility index (Phi) is 7.70. The Morgan fingerprint density at radius 2 is 1.97 bits per heavy atom. The van der Waals surface area contributed by atoms with Crippen LogP contribution < -0.4 is 10.1 Å². The Morgan fingerprint density at radius 1 is 1.27 bits per heavy atom. The second-order valence-corrected chi connectivity index (χ2v) is 8.62. The number of nitrogens with zero attached hydrogens (tertiary/aromatic N) is 3. The number of ether oxygens (including phenoxy) is 1. The molecule has 3 rings (SSSR count). The van der Waals surface area contributed by atoms with Crippen molar-refractivity contribution in [2.45, 2.75) is 30.1 Å². The van der Waals surface area contributed by atoms with Crippen LogP contribution in [0.2, 0.25) is 5.02 Å². The number of methoxy groups -OCH3 is 1. The van der Waals surface area contributed by atoms with E-state index in [1.54, 1.807) is 36.8 Å². The van der Waals surface area contributed by atoms with Crippen LogP contribution in [0.1, 0.15) is 12.5 Å². The van der Waals surface area contributed by atoms with Crippen molar-refractivity contribution in [1.29, 1.82) is 0 Å². The van der Waals surface area contributed by atoms with Gasteiger partial charge in [-0.1, -0.05) is 29.4 Å². The molecule has 6 nitrogen and oxygen atoms in total. The van der Waals surface area contributed by atoms with E-state index in [4.69, 9.17) is 16.3 Å². The minimum absolute atomic E-state index is 0.0775. The molecule has 2 aromatic carbocycles. The molecule has 3 aromatic rings. The number of hydrogen-bond donors (Lipinski definition) is 1. The SMILES string of the molecule is C=CCn1c(SC(C)C(=O)Nc2ccc(Cl)cc2C(F)(F)F)nnc1-c1ccc(OC)cc1. The van der Waals surface area contributed by atoms with E-state index >= 15 is 0 Å². The Morgan fingerprint density at radius 3 is 2.58 bits per heavy atom. The highest BCUT2D eigenvalue weighted by Crippen LogP contribution is 2.37. The van der Waals surface area contributed by atoms with Gasteiger partial charge in [0.2, 0.25) is 5.91 Å². The molecule has 0 fully saturated rings. The second kappa shape index (κ2) is 10.3. The molecule has 0 saturated heterocycles. The van der Waals surface area contributed by atoms with E-state index in [2.05, 4.69) is 22.1 Å². The van der Waals surface area contributed by atoms with Gasteiger partial charge in [-0.25, -0.2) is 0 Å². The Bertz CT molecular complexity index is 1150. The quantitative estimate of drug-likeness (QED) is 0.309. The van der Waals surface area contributed by atoms with Crippen LogP contribution >= 0.6 is 23.4 Å². The summed E-state index contributed by atoms with van der Waals surface area (Å²) in [5, 5.41) is 10.3. The molecule has 0 aliphatic carbocycles. The van der Waals surface area contributed by atoms with Crippen LogP contribution in [-0.4, -0.2) is 33.0 Å². The highest BCUT2D eigenvalue weighted by atomic mass is 35.5. The van der Waals surface area contributed by atoms with Crippen molar-refractivity contribution in [2.75, 3.05) is 12.4 Å². The second-order valence-electron chi connectivity index (χ2n) is 6.87. The molecule has 0 aliphatic heterocycles. The fraction of sp³-hybridized carbons (Fsp3) is 0.227. The summed E-state index contributed by atoms with van der Waals surface area (Å²) in [7, 11) is 1.57. The molecule has 1 atom stereocenters. The number of carbonyl (C=O) groups is 1. The van der Waals surface area contributed by atoms with E-state index < -0.39 is 22.9 Å². The summed E-state index contributed by atoms with van der Waals surface area (Å²) in [6, 6.07) is 10.4.